The first-order valence-corrected chi connectivity index (χ1v) is 9.02. The quantitative estimate of drug-likeness (QED) is 0.526. The molecule has 0 spiro atoms. The van der Waals surface area contributed by atoms with E-state index in [2.05, 4.69) is 15.0 Å². The molecule has 2 N–H and O–H groups in total. The smallest absolute Gasteiger partial charge is 0.354 e. The average Bonchev–Trinajstić information content (AvgIpc) is 3.07. The van der Waals surface area contributed by atoms with Crippen molar-refractivity contribution in [3.8, 4) is 17.0 Å². The minimum atomic E-state index is -1.03. The number of benzene rings is 1. The summed E-state index contributed by atoms with van der Waals surface area (Å²) in [4.78, 5) is 23.2. The van der Waals surface area contributed by atoms with Crippen LogP contribution < -0.4 is 4.74 Å². The van der Waals surface area contributed by atoms with E-state index in [0.29, 0.717) is 18.7 Å². The van der Waals surface area contributed by atoms with E-state index in [4.69, 9.17) is 4.74 Å². The molecule has 28 heavy (non-hydrogen) atoms. The van der Waals surface area contributed by atoms with Crippen molar-refractivity contribution in [1.29, 1.82) is 0 Å². The van der Waals surface area contributed by atoms with Crippen molar-refractivity contribution in [2.45, 2.75) is 13.3 Å². The lowest BCUT2D eigenvalue weighted by Gasteiger charge is -2.06. The molecule has 0 aliphatic heterocycles. The van der Waals surface area contributed by atoms with Crippen LogP contribution in [0.25, 0.3) is 22.2 Å². The molecule has 0 aliphatic carbocycles. The molecule has 4 rings (SSSR count). The van der Waals surface area contributed by atoms with Crippen molar-refractivity contribution in [2.24, 2.45) is 0 Å². The van der Waals surface area contributed by atoms with Gasteiger partial charge in [0.2, 0.25) is 0 Å². The number of hydrogen-bond acceptors (Lipinski definition) is 4. The summed E-state index contributed by atoms with van der Waals surface area (Å²) in [7, 11) is 0. The third-order valence-electron chi connectivity index (χ3n) is 4.52. The third kappa shape index (κ3) is 3.44. The average molecular weight is 373 g/mol. The molecular formula is C22H19N3O3. The molecule has 6 nitrogen and oxygen atoms in total. The summed E-state index contributed by atoms with van der Waals surface area (Å²) in [5, 5.41) is 10.3. The van der Waals surface area contributed by atoms with Crippen LogP contribution in [0.15, 0.2) is 60.9 Å². The number of nitrogens with one attached hydrogen (secondary N) is 1. The fourth-order valence-corrected chi connectivity index (χ4v) is 3.31. The number of rotatable bonds is 6. The molecule has 3 aromatic heterocycles. The number of fused-ring (bicyclic) bond motifs is 1. The Morgan fingerprint density at radius 1 is 1.18 bits per heavy atom. The standard InChI is InChI=1S/C22H19N3O3/c1-2-28-16-8-9-17-18(11-15-6-3-7-19(24-15)22(26)27)21(25-20(17)12-16)14-5-4-10-23-13-14/h3-10,12-13,25H,2,11H2,1H3,(H,26,27). The fourth-order valence-electron chi connectivity index (χ4n) is 3.31. The third-order valence-corrected chi connectivity index (χ3v) is 4.52. The summed E-state index contributed by atoms with van der Waals surface area (Å²) in [6.45, 7) is 2.55. The molecule has 0 atom stereocenters. The minimum absolute atomic E-state index is 0.0406. The highest BCUT2D eigenvalue weighted by molar-refractivity contribution is 5.92. The Balaban J connectivity index is 1.85. The van der Waals surface area contributed by atoms with Crippen LogP contribution in [0.2, 0.25) is 0 Å². The lowest BCUT2D eigenvalue weighted by atomic mass is 10.0. The van der Waals surface area contributed by atoms with Gasteiger partial charge in [0.1, 0.15) is 11.4 Å². The van der Waals surface area contributed by atoms with Gasteiger partial charge in [-0.25, -0.2) is 9.78 Å². The van der Waals surface area contributed by atoms with Gasteiger partial charge in [-0.1, -0.05) is 6.07 Å². The Kier molecular flexibility index (Phi) is 4.76. The van der Waals surface area contributed by atoms with E-state index < -0.39 is 5.97 Å². The van der Waals surface area contributed by atoms with Gasteiger partial charge in [-0.05, 0) is 48.9 Å². The number of nitrogens with zero attached hydrogens (tertiary/aromatic N) is 2. The van der Waals surface area contributed by atoms with E-state index in [1.165, 1.54) is 6.07 Å². The molecule has 0 fully saturated rings. The predicted molar refractivity (Wildman–Crippen MR) is 107 cm³/mol. The van der Waals surface area contributed by atoms with Gasteiger partial charge in [-0.3, -0.25) is 4.98 Å². The Labute approximate surface area is 161 Å². The van der Waals surface area contributed by atoms with E-state index in [-0.39, 0.29) is 5.69 Å². The molecule has 0 saturated carbocycles. The van der Waals surface area contributed by atoms with Crippen molar-refractivity contribution in [1.82, 2.24) is 15.0 Å². The molecule has 0 amide bonds. The molecule has 3 heterocycles. The first-order chi connectivity index (χ1) is 13.7. The molecule has 0 radical (unpaired) electrons. The normalized spacial score (nSPS) is 10.9. The molecule has 1 aromatic carbocycles. The highest BCUT2D eigenvalue weighted by Gasteiger charge is 2.16. The number of aromatic carboxylic acids is 1. The molecular weight excluding hydrogens is 354 g/mol. The first-order valence-electron chi connectivity index (χ1n) is 9.02. The van der Waals surface area contributed by atoms with Crippen molar-refractivity contribution < 1.29 is 14.6 Å². The van der Waals surface area contributed by atoms with E-state index in [0.717, 1.165) is 33.5 Å². The second-order valence-corrected chi connectivity index (χ2v) is 6.36. The van der Waals surface area contributed by atoms with Gasteiger partial charge in [-0.15, -0.1) is 0 Å². The summed E-state index contributed by atoms with van der Waals surface area (Å²) < 4.78 is 5.62. The number of pyridine rings is 2. The zero-order valence-corrected chi connectivity index (χ0v) is 15.3. The highest BCUT2D eigenvalue weighted by Crippen LogP contribution is 2.33. The lowest BCUT2D eigenvalue weighted by molar-refractivity contribution is 0.0690. The zero-order chi connectivity index (χ0) is 19.5. The van der Waals surface area contributed by atoms with Gasteiger partial charge in [0.05, 0.1) is 12.3 Å². The van der Waals surface area contributed by atoms with Gasteiger partial charge in [0.15, 0.2) is 0 Å². The Bertz CT molecular complexity index is 1140. The van der Waals surface area contributed by atoms with Crippen LogP contribution in [0.3, 0.4) is 0 Å². The number of hydrogen-bond donors (Lipinski definition) is 2. The maximum Gasteiger partial charge on any atom is 0.354 e. The molecule has 0 bridgehead atoms. The number of ether oxygens (including phenoxy) is 1. The van der Waals surface area contributed by atoms with Crippen LogP contribution in [-0.2, 0) is 6.42 Å². The summed E-state index contributed by atoms with van der Waals surface area (Å²) >= 11 is 0. The van der Waals surface area contributed by atoms with Gasteiger partial charge in [-0.2, -0.15) is 0 Å². The van der Waals surface area contributed by atoms with Crippen LogP contribution in [0, 0.1) is 0 Å². The van der Waals surface area contributed by atoms with E-state index in [1.807, 2.05) is 43.3 Å². The van der Waals surface area contributed by atoms with Crippen LogP contribution in [-0.4, -0.2) is 32.6 Å². The molecule has 4 aromatic rings. The maximum atomic E-state index is 11.3. The Morgan fingerprint density at radius 3 is 2.82 bits per heavy atom. The van der Waals surface area contributed by atoms with Crippen molar-refractivity contribution in [2.75, 3.05) is 6.61 Å². The number of aromatic nitrogens is 3. The van der Waals surface area contributed by atoms with Gasteiger partial charge >= 0.3 is 5.97 Å². The summed E-state index contributed by atoms with van der Waals surface area (Å²) in [5.41, 5.74) is 4.63. The maximum absolute atomic E-state index is 11.3. The van der Waals surface area contributed by atoms with Gasteiger partial charge < -0.3 is 14.8 Å². The predicted octanol–water partition coefficient (Wildman–Crippen LogP) is 4.31. The van der Waals surface area contributed by atoms with Crippen LogP contribution in [0.1, 0.15) is 28.7 Å². The van der Waals surface area contributed by atoms with Crippen LogP contribution in [0.4, 0.5) is 0 Å². The van der Waals surface area contributed by atoms with Crippen molar-refractivity contribution in [3.63, 3.8) is 0 Å². The first kappa shape index (κ1) is 17.7. The zero-order valence-electron chi connectivity index (χ0n) is 15.3. The number of H-pyrrole nitrogens is 1. The molecule has 0 saturated heterocycles. The Morgan fingerprint density at radius 2 is 2.07 bits per heavy atom. The highest BCUT2D eigenvalue weighted by atomic mass is 16.5. The van der Waals surface area contributed by atoms with E-state index in [1.54, 1.807) is 18.5 Å². The van der Waals surface area contributed by atoms with Crippen LogP contribution in [0.5, 0.6) is 5.75 Å². The topological polar surface area (TPSA) is 88.1 Å². The number of aromatic amines is 1. The SMILES string of the molecule is CCOc1ccc2c(Cc3cccc(C(=O)O)n3)c(-c3cccnc3)[nH]c2c1. The second kappa shape index (κ2) is 7.52. The van der Waals surface area contributed by atoms with E-state index in [9.17, 15) is 9.90 Å². The molecule has 0 aliphatic rings. The summed E-state index contributed by atoms with van der Waals surface area (Å²) in [6.07, 6.45) is 4.04. The minimum Gasteiger partial charge on any atom is -0.494 e. The number of carboxylic acid groups (broad SMARTS) is 1. The van der Waals surface area contributed by atoms with E-state index >= 15 is 0 Å². The fraction of sp³-hybridized carbons (Fsp3) is 0.136. The number of carbonyl (C=O) groups is 1. The van der Waals surface area contributed by atoms with Crippen molar-refractivity contribution >= 4 is 16.9 Å². The molecule has 6 heteroatoms. The summed E-state index contributed by atoms with van der Waals surface area (Å²) in [5.74, 6) is -0.235. The number of carboxylic acids is 1. The second-order valence-electron chi connectivity index (χ2n) is 6.36. The monoisotopic (exact) mass is 373 g/mol. The van der Waals surface area contributed by atoms with Crippen molar-refractivity contribution in [3.05, 3.63) is 77.9 Å². The molecule has 140 valence electrons. The van der Waals surface area contributed by atoms with Crippen LogP contribution >= 0.6 is 0 Å². The molecule has 0 unspecified atom stereocenters. The largest absolute Gasteiger partial charge is 0.494 e. The van der Waals surface area contributed by atoms with Gasteiger partial charge in [0.25, 0.3) is 0 Å². The Hall–Kier alpha value is -3.67. The van der Waals surface area contributed by atoms with Gasteiger partial charge in [0, 0.05) is 47.0 Å². The lowest BCUT2D eigenvalue weighted by Crippen LogP contribution is -2.03. The summed E-state index contributed by atoms with van der Waals surface area (Å²) in [6, 6.07) is 14.9.